The number of hydrogen-bond donors (Lipinski definition) is 1. The molecule has 1 aliphatic carbocycles. The third-order valence-electron chi connectivity index (χ3n) is 5.17. The van der Waals surface area contributed by atoms with Crippen molar-refractivity contribution in [1.82, 2.24) is 25.2 Å². The lowest BCUT2D eigenvalue weighted by molar-refractivity contribution is 0.144. The van der Waals surface area contributed by atoms with E-state index in [0.717, 1.165) is 18.3 Å². The van der Waals surface area contributed by atoms with E-state index in [1.165, 1.54) is 51.6 Å². The maximum absolute atomic E-state index is 4.29. The van der Waals surface area contributed by atoms with Gasteiger partial charge in [0.1, 0.15) is 0 Å². The van der Waals surface area contributed by atoms with E-state index < -0.39 is 0 Å². The second kappa shape index (κ2) is 6.67. The Morgan fingerprint density at radius 3 is 2.41 bits per heavy atom. The highest BCUT2D eigenvalue weighted by molar-refractivity contribution is 4.95. The molecule has 5 heteroatoms. The number of nitrogens with one attached hydrogen (secondary N) is 1. The molecule has 2 heterocycles. The zero-order chi connectivity index (χ0) is 15.6. The second-order valence-electron chi connectivity index (χ2n) is 7.95. The lowest BCUT2D eigenvalue weighted by Crippen LogP contribution is -2.45. The van der Waals surface area contributed by atoms with Crippen LogP contribution in [0.3, 0.4) is 0 Å². The monoisotopic (exact) mass is 305 g/mol. The summed E-state index contributed by atoms with van der Waals surface area (Å²) in [4.78, 5) is 2.72. The molecule has 2 aliphatic rings. The molecule has 0 radical (unpaired) electrons. The van der Waals surface area contributed by atoms with Gasteiger partial charge in [-0.1, -0.05) is 18.1 Å². The van der Waals surface area contributed by atoms with Crippen LogP contribution in [0.1, 0.15) is 65.0 Å². The highest BCUT2D eigenvalue weighted by Gasteiger charge is 2.27. The van der Waals surface area contributed by atoms with Gasteiger partial charge in [0.2, 0.25) is 0 Å². The predicted octanol–water partition coefficient (Wildman–Crippen LogP) is 2.53. The normalized spacial score (nSPS) is 22.5. The largest absolute Gasteiger partial charge is 0.308 e. The van der Waals surface area contributed by atoms with Crippen LogP contribution in [0.2, 0.25) is 0 Å². The van der Waals surface area contributed by atoms with Crippen LogP contribution in [-0.2, 0) is 12.1 Å². The summed E-state index contributed by atoms with van der Waals surface area (Å²) in [6.45, 7) is 9.81. The van der Waals surface area contributed by atoms with E-state index in [0.29, 0.717) is 6.04 Å². The minimum absolute atomic E-state index is 0.0118. The van der Waals surface area contributed by atoms with E-state index in [4.69, 9.17) is 0 Å². The van der Waals surface area contributed by atoms with E-state index in [2.05, 4.69) is 47.5 Å². The molecule has 1 N–H and O–H groups in total. The first-order chi connectivity index (χ1) is 10.5. The third-order valence-corrected chi connectivity index (χ3v) is 5.17. The van der Waals surface area contributed by atoms with Crippen molar-refractivity contribution in [3.8, 4) is 0 Å². The van der Waals surface area contributed by atoms with Gasteiger partial charge in [-0.25, -0.2) is 4.68 Å². The van der Waals surface area contributed by atoms with Gasteiger partial charge in [0.15, 0.2) is 0 Å². The Balaban J connectivity index is 1.42. The Kier molecular flexibility index (Phi) is 4.83. The summed E-state index contributed by atoms with van der Waals surface area (Å²) in [5.41, 5.74) is 1.06. The van der Waals surface area contributed by atoms with Crippen molar-refractivity contribution in [2.75, 3.05) is 13.1 Å². The summed E-state index contributed by atoms with van der Waals surface area (Å²) in [5.74, 6) is 0. The van der Waals surface area contributed by atoms with Gasteiger partial charge in [-0.15, -0.1) is 5.10 Å². The van der Waals surface area contributed by atoms with E-state index in [9.17, 15) is 0 Å². The number of rotatable bonds is 4. The smallest absolute Gasteiger partial charge is 0.0965 e. The van der Waals surface area contributed by atoms with Crippen LogP contribution in [0.15, 0.2) is 6.20 Å². The first-order valence-electron chi connectivity index (χ1n) is 8.91. The molecule has 3 rings (SSSR count). The molecule has 124 valence electrons. The minimum atomic E-state index is 0.0118. The summed E-state index contributed by atoms with van der Waals surface area (Å²) in [6, 6.07) is 1.52. The third kappa shape index (κ3) is 3.87. The molecule has 1 saturated carbocycles. The summed E-state index contributed by atoms with van der Waals surface area (Å²) >= 11 is 0. The first-order valence-corrected chi connectivity index (χ1v) is 8.91. The lowest BCUT2D eigenvalue weighted by atomic mass is 10.0. The SMILES string of the molecule is CC(C)(C)n1cc(CNC2CCN(C3CCCC3)CC2)nn1. The van der Waals surface area contributed by atoms with Gasteiger partial charge in [0.05, 0.1) is 17.4 Å². The van der Waals surface area contributed by atoms with Crippen molar-refractivity contribution < 1.29 is 0 Å². The molecule has 22 heavy (non-hydrogen) atoms. The molecule has 1 aliphatic heterocycles. The minimum Gasteiger partial charge on any atom is -0.308 e. The average molecular weight is 305 g/mol. The lowest BCUT2D eigenvalue weighted by Gasteiger charge is -2.36. The Morgan fingerprint density at radius 1 is 1.14 bits per heavy atom. The Hall–Kier alpha value is -0.940. The van der Waals surface area contributed by atoms with Gasteiger partial charge in [-0.3, -0.25) is 0 Å². The van der Waals surface area contributed by atoms with Gasteiger partial charge in [0.25, 0.3) is 0 Å². The van der Waals surface area contributed by atoms with Gasteiger partial charge in [-0.2, -0.15) is 0 Å². The number of nitrogens with zero attached hydrogens (tertiary/aromatic N) is 4. The van der Waals surface area contributed by atoms with Crippen LogP contribution in [-0.4, -0.2) is 45.1 Å². The van der Waals surface area contributed by atoms with Crippen LogP contribution >= 0.6 is 0 Å². The molecule has 0 unspecified atom stereocenters. The Bertz CT molecular complexity index is 462. The quantitative estimate of drug-likeness (QED) is 0.928. The molecule has 1 aromatic rings. The molecular weight excluding hydrogens is 274 g/mol. The van der Waals surface area contributed by atoms with Gasteiger partial charge >= 0.3 is 0 Å². The maximum atomic E-state index is 4.29. The molecule has 0 spiro atoms. The van der Waals surface area contributed by atoms with Crippen LogP contribution < -0.4 is 5.32 Å². The summed E-state index contributed by atoms with van der Waals surface area (Å²) in [7, 11) is 0. The molecule has 1 saturated heterocycles. The summed E-state index contributed by atoms with van der Waals surface area (Å²) in [6.07, 6.45) is 10.3. The number of piperidine rings is 1. The number of aromatic nitrogens is 3. The van der Waals surface area contributed by atoms with E-state index >= 15 is 0 Å². The molecule has 0 bridgehead atoms. The van der Waals surface area contributed by atoms with Crippen molar-refractivity contribution in [2.45, 2.75) is 83.5 Å². The van der Waals surface area contributed by atoms with Crippen molar-refractivity contribution >= 4 is 0 Å². The van der Waals surface area contributed by atoms with Crippen LogP contribution in [0.4, 0.5) is 0 Å². The fourth-order valence-electron chi connectivity index (χ4n) is 3.69. The molecule has 1 aromatic heterocycles. The van der Waals surface area contributed by atoms with Crippen molar-refractivity contribution in [3.05, 3.63) is 11.9 Å². The summed E-state index contributed by atoms with van der Waals surface area (Å²) < 4.78 is 1.95. The standard InChI is InChI=1S/C17H31N5/c1-17(2,3)22-13-15(19-20-22)12-18-14-8-10-21(11-9-14)16-6-4-5-7-16/h13-14,16,18H,4-12H2,1-3H3. The maximum Gasteiger partial charge on any atom is 0.0965 e. The molecule has 2 fully saturated rings. The van der Waals surface area contributed by atoms with Gasteiger partial charge in [0, 0.05) is 18.6 Å². The predicted molar refractivity (Wildman–Crippen MR) is 88.7 cm³/mol. The Labute approximate surface area is 134 Å². The van der Waals surface area contributed by atoms with E-state index in [1.54, 1.807) is 0 Å². The number of likely N-dealkylation sites (tertiary alicyclic amines) is 1. The van der Waals surface area contributed by atoms with Crippen LogP contribution in [0.5, 0.6) is 0 Å². The Morgan fingerprint density at radius 2 is 1.82 bits per heavy atom. The molecule has 0 amide bonds. The number of hydrogen-bond acceptors (Lipinski definition) is 4. The zero-order valence-electron chi connectivity index (χ0n) is 14.4. The molecule has 5 nitrogen and oxygen atoms in total. The van der Waals surface area contributed by atoms with Crippen LogP contribution in [0, 0.1) is 0 Å². The topological polar surface area (TPSA) is 46.0 Å². The van der Waals surface area contributed by atoms with Crippen LogP contribution in [0.25, 0.3) is 0 Å². The summed E-state index contributed by atoms with van der Waals surface area (Å²) in [5, 5.41) is 12.2. The van der Waals surface area contributed by atoms with Crippen molar-refractivity contribution in [3.63, 3.8) is 0 Å². The van der Waals surface area contributed by atoms with Crippen molar-refractivity contribution in [2.24, 2.45) is 0 Å². The fraction of sp³-hybridized carbons (Fsp3) is 0.882. The molecule has 0 aromatic carbocycles. The first kappa shape index (κ1) is 15.9. The fourth-order valence-corrected chi connectivity index (χ4v) is 3.69. The van der Waals surface area contributed by atoms with Crippen molar-refractivity contribution in [1.29, 1.82) is 0 Å². The van der Waals surface area contributed by atoms with E-state index in [-0.39, 0.29) is 5.54 Å². The average Bonchev–Trinajstić information content (AvgIpc) is 3.16. The second-order valence-corrected chi connectivity index (χ2v) is 7.95. The van der Waals surface area contributed by atoms with E-state index in [1.807, 2.05) is 4.68 Å². The van der Waals surface area contributed by atoms with Gasteiger partial charge in [-0.05, 0) is 59.5 Å². The highest BCUT2D eigenvalue weighted by atomic mass is 15.4. The molecule has 0 atom stereocenters. The van der Waals surface area contributed by atoms with Gasteiger partial charge < -0.3 is 10.2 Å². The molecular formula is C17H31N5. The highest BCUT2D eigenvalue weighted by Crippen LogP contribution is 2.26. The zero-order valence-corrected chi connectivity index (χ0v) is 14.4.